The molecule has 0 atom stereocenters. The third-order valence-electron chi connectivity index (χ3n) is 4.74. The molecule has 0 spiro atoms. The lowest BCUT2D eigenvalue weighted by atomic mass is 10.1. The zero-order valence-corrected chi connectivity index (χ0v) is 20.5. The average Bonchev–Trinajstić information content (AvgIpc) is 3.18. The molecule has 0 aliphatic heterocycles. The minimum absolute atomic E-state index is 0. The van der Waals surface area contributed by atoms with Crippen LogP contribution in [0.4, 0.5) is 0 Å². The van der Waals surface area contributed by atoms with Crippen LogP contribution >= 0.6 is 24.0 Å². The van der Waals surface area contributed by atoms with Gasteiger partial charge in [0.05, 0.1) is 6.54 Å². The summed E-state index contributed by atoms with van der Waals surface area (Å²) in [6, 6.07) is 8.77. The van der Waals surface area contributed by atoms with Crippen LogP contribution in [-0.2, 0) is 26.1 Å². The molecule has 0 saturated carbocycles. The lowest BCUT2D eigenvalue weighted by Crippen LogP contribution is -2.38. The fourth-order valence-corrected chi connectivity index (χ4v) is 3.00. The summed E-state index contributed by atoms with van der Waals surface area (Å²) in [5.74, 6) is 1.84. The molecular formula is C21H36IN7. The molecule has 2 aromatic rings. The number of hydrogen-bond donors (Lipinski definition) is 2. The monoisotopic (exact) mass is 513 g/mol. The fraction of sp³-hybridized carbons (Fsp3) is 0.571. The normalized spacial score (nSPS) is 11.4. The summed E-state index contributed by atoms with van der Waals surface area (Å²) in [7, 11) is 0. The molecule has 0 aliphatic carbocycles. The minimum atomic E-state index is 0. The van der Waals surface area contributed by atoms with Gasteiger partial charge in [0, 0.05) is 32.6 Å². The number of aryl methyl sites for hydroxylation is 1. The zero-order chi connectivity index (χ0) is 20.2. The second kappa shape index (κ2) is 14.3. The summed E-state index contributed by atoms with van der Waals surface area (Å²) in [6.45, 7) is 14.8. The molecule has 1 heterocycles. The molecule has 2 N–H and O–H groups in total. The molecular weight excluding hydrogens is 477 g/mol. The van der Waals surface area contributed by atoms with Crippen molar-refractivity contribution < 1.29 is 0 Å². The van der Waals surface area contributed by atoms with Gasteiger partial charge < -0.3 is 15.2 Å². The molecule has 1 aromatic heterocycles. The van der Waals surface area contributed by atoms with Gasteiger partial charge in [0.2, 0.25) is 0 Å². The number of aliphatic imine (C=N–C) groups is 1. The summed E-state index contributed by atoms with van der Waals surface area (Å²) in [6.07, 6.45) is 2.67. The van der Waals surface area contributed by atoms with Crippen molar-refractivity contribution in [2.24, 2.45) is 4.99 Å². The fourth-order valence-electron chi connectivity index (χ4n) is 3.00. The maximum absolute atomic E-state index is 4.71. The van der Waals surface area contributed by atoms with Crippen LogP contribution in [0.25, 0.3) is 0 Å². The number of aromatic nitrogens is 3. The highest BCUT2D eigenvalue weighted by Gasteiger charge is 2.03. The second-order valence-corrected chi connectivity index (χ2v) is 6.69. The molecule has 7 nitrogen and oxygen atoms in total. The Balaban J connectivity index is 0.00000420. The van der Waals surface area contributed by atoms with Gasteiger partial charge >= 0.3 is 0 Å². The van der Waals surface area contributed by atoms with Crippen molar-refractivity contribution in [3.8, 4) is 0 Å². The number of nitrogens with zero attached hydrogens (tertiary/aromatic N) is 5. The number of halogens is 1. The van der Waals surface area contributed by atoms with Crippen LogP contribution in [-0.4, -0.2) is 51.8 Å². The predicted octanol–water partition coefficient (Wildman–Crippen LogP) is 3.06. The SMILES string of the molecule is CCNC(=NCc1ccc(CN(CC)CC)cc1)NCCn1cnnc1CC.I. The van der Waals surface area contributed by atoms with Crippen LogP contribution in [0.1, 0.15) is 44.6 Å². The van der Waals surface area contributed by atoms with Gasteiger partial charge in [-0.15, -0.1) is 34.2 Å². The molecule has 162 valence electrons. The largest absolute Gasteiger partial charge is 0.357 e. The van der Waals surface area contributed by atoms with Crippen LogP contribution in [0.3, 0.4) is 0 Å². The second-order valence-electron chi connectivity index (χ2n) is 6.69. The Hall–Kier alpha value is -1.68. The molecule has 0 bridgehead atoms. The Morgan fingerprint density at radius 1 is 1.03 bits per heavy atom. The van der Waals surface area contributed by atoms with E-state index < -0.39 is 0 Å². The van der Waals surface area contributed by atoms with Gasteiger partial charge in [-0.3, -0.25) is 4.90 Å². The van der Waals surface area contributed by atoms with Crippen molar-refractivity contribution >= 4 is 29.9 Å². The zero-order valence-electron chi connectivity index (χ0n) is 18.2. The molecule has 2 rings (SSSR count). The van der Waals surface area contributed by atoms with Crippen molar-refractivity contribution in [3.63, 3.8) is 0 Å². The van der Waals surface area contributed by atoms with Crippen LogP contribution in [0, 0.1) is 0 Å². The van der Waals surface area contributed by atoms with Gasteiger partial charge in [-0.25, -0.2) is 4.99 Å². The van der Waals surface area contributed by atoms with Crippen LogP contribution in [0.15, 0.2) is 35.6 Å². The number of guanidine groups is 1. The number of hydrogen-bond acceptors (Lipinski definition) is 4. The highest BCUT2D eigenvalue weighted by Crippen LogP contribution is 2.08. The molecule has 0 amide bonds. The van der Waals surface area contributed by atoms with Crippen molar-refractivity contribution in [1.29, 1.82) is 0 Å². The Kier molecular flexibility index (Phi) is 12.5. The summed E-state index contributed by atoms with van der Waals surface area (Å²) in [5, 5.41) is 14.8. The molecule has 8 heteroatoms. The molecule has 0 aliphatic rings. The first-order chi connectivity index (χ1) is 13.7. The lowest BCUT2D eigenvalue weighted by molar-refractivity contribution is 0.296. The number of rotatable bonds is 11. The van der Waals surface area contributed by atoms with Gasteiger partial charge in [0.25, 0.3) is 0 Å². The Bertz CT molecular complexity index is 708. The predicted molar refractivity (Wildman–Crippen MR) is 131 cm³/mol. The minimum Gasteiger partial charge on any atom is -0.357 e. The van der Waals surface area contributed by atoms with Gasteiger partial charge in [-0.1, -0.05) is 45.0 Å². The summed E-state index contributed by atoms with van der Waals surface area (Å²) in [4.78, 5) is 7.13. The van der Waals surface area contributed by atoms with Gasteiger partial charge in [0.1, 0.15) is 12.2 Å². The average molecular weight is 513 g/mol. The van der Waals surface area contributed by atoms with Crippen LogP contribution < -0.4 is 10.6 Å². The summed E-state index contributed by atoms with van der Waals surface area (Å²) < 4.78 is 2.07. The molecule has 0 saturated heterocycles. The Morgan fingerprint density at radius 3 is 2.34 bits per heavy atom. The Morgan fingerprint density at radius 2 is 1.72 bits per heavy atom. The quantitative estimate of drug-likeness (QED) is 0.275. The first-order valence-corrected chi connectivity index (χ1v) is 10.4. The van der Waals surface area contributed by atoms with E-state index in [0.717, 1.165) is 57.5 Å². The molecule has 1 aromatic carbocycles. The van der Waals surface area contributed by atoms with E-state index in [4.69, 9.17) is 4.99 Å². The number of benzene rings is 1. The standard InChI is InChI=1S/C21H35N7.HI/c1-5-20-26-25-17-28(20)14-13-23-21(22-6-2)24-15-18-9-11-19(12-10-18)16-27(7-3)8-4;/h9-12,17H,5-8,13-16H2,1-4H3,(H2,22,23,24);1H. The Labute approximate surface area is 192 Å². The van der Waals surface area contributed by atoms with E-state index in [9.17, 15) is 0 Å². The van der Waals surface area contributed by atoms with Crippen LogP contribution in [0.2, 0.25) is 0 Å². The molecule has 0 radical (unpaired) electrons. The summed E-state index contributed by atoms with van der Waals surface area (Å²) >= 11 is 0. The highest BCUT2D eigenvalue weighted by atomic mass is 127. The third kappa shape index (κ3) is 8.69. The van der Waals surface area contributed by atoms with E-state index >= 15 is 0 Å². The van der Waals surface area contributed by atoms with E-state index in [1.165, 1.54) is 11.1 Å². The van der Waals surface area contributed by atoms with Gasteiger partial charge in [-0.2, -0.15) is 0 Å². The summed E-state index contributed by atoms with van der Waals surface area (Å²) in [5.41, 5.74) is 2.56. The molecule has 0 unspecified atom stereocenters. The van der Waals surface area contributed by atoms with E-state index in [1.54, 1.807) is 6.33 Å². The van der Waals surface area contributed by atoms with Crippen molar-refractivity contribution in [3.05, 3.63) is 47.5 Å². The highest BCUT2D eigenvalue weighted by molar-refractivity contribution is 14.0. The van der Waals surface area contributed by atoms with E-state index in [1.807, 2.05) is 0 Å². The smallest absolute Gasteiger partial charge is 0.191 e. The first kappa shape index (κ1) is 25.4. The van der Waals surface area contributed by atoms with Gasteiger partial charge in [0.15, 0.2) is 5.96 Å². The number of nitrogens with one attached hydrogen (secondary N) is 2. The van der Waals surface area contributed by atoms with E-state index in [-0.39, 0.29) is 24.0 Å². The first-order valence-electron chi connectivity index (χ1n) is 10.4. The van der Waals surface area contributed by atoms with Crippen molar-refractivity contribution in [1.82, 2.24) is 30.3 Å². The maximum atomic E-state index is 4.71. The molecule has 29 heavy (non-hydrogen) atoms. The third-order valence-corrected chi connectivity index (χ3v) is 4.74. The van der Waals surface area contributed by atoms with Crippen molar-refractivity contribution in [2.75, 3.05) is 26.2 Å². The maximum Gasteiger partial charge on any atom is 0.191 e. The molecule has 0 fully saturated rings. The topological polar surface area (TPSA) is 70.4 Å². The lowest BCUT2D eigenvalue weighted by Gasteiger charge is -2.18. The van der Waals surface area contributed by atoms with Gasteiger partial charge in [-0.05, 0) is 31.1 Å². The van der Waals surface area contributed by atoms with Crippen molar-refractivity contribution in [2.45, 2.75) is 53.8 Å². The van der Waals surface area contributed by atoms with E-state index in [0.29, 0.717) is 6.54 Å². The van der Waals surface area contributed by atoms with Crippen LogP contribution in [0.5, 0.6) is 0 Å². The van der Waals surface area contributed by atoms with E-state index in [2.05, 4.69) is 82.3 Å².